The fourth-order valence-corrected chi connectivity index (χ4v) is 5.65. The Morgan fingerprint density at radius 3 is 2.27 bits per heavy atom. The highest BCUT2D eigenvalue weighted by atomic mass is 16.5. The van der Waals surface area contributed by atoms with E-state index in [0.29, 0.717) is 0 Å². The maximum absolute atomic E-state index is 5.70. The number of allylic oxidation sites excluding steroid dienone is 2. The molecule has 1 saturated carbocycles. The van der Waals surface area contributed by atoms with Gasteiger partial charge in [-0.05, 0) is 86.8 Å². The monoisotopic (exact) mass is 410 g/mol. The zero-order chi connectivity index (χ0) is 21.0. The third-order valence-corrected chi connectivity index (χ3v) is 7.70. The van der Waals surface area contributed by atoms with Crippen molar-refractivity contribution >= 4 is 0 Å². The van der Waals surface area contributed by atoms with Crippen molar-refractivity contribution in [2.45, 2.75) is 110 Å². The Balaban J connectivity index is 1.33. The molecule has 168 valence electrons. The molecule has 3 rings (SSSR count). The fourth-order valence-electron chi connectivity index (χ4n) is 5.65. The Morgan fingerprint density at radius 1 is 0.800 bits per heavy atom. The summed E-state index contributed by atoms with van der Waals surface area (Å²) in [6.07, 6.45) is 23.5. The fraction of sp³-hybridized carbons (Fsp3) is 0.724. The molecule has 1 heteroatoms. The number of ether oxygens (including phenoxy) is 1. The van der Waals surface area contributed by atoms with Crippen LogP contribution in [-0.2, 0) is 6.42 Å². The molecule has 0 N–H and O–H groups in total. The number of benzene rings is 1. The number of aryl methyl sites for hydroxylation is 1. The Bertz CT molecular complexity index is 606. The van der Waals surface area contributed by atoms with Crippen LogP contribution in [0.4, 0.5) is 0 Å². The first-order chi connectivity index (χ1) is 14.8. The first-order valence-corrected chi connectivity index (χ1v) is 13.2. The van der Waals surface area contributed by atoms with Crippen molar-refractivity contribution < 1.29 is 4.74 Å². The summed E-state index contributed by atoms with van der Waals surface area (Å²) in [5.41, 5.74) is 3.15. The second-order valence-corrected chi connectivity index (χ2v) is 10.0. The zero-order valence-electron chi connectivity index (χ0n) is 19.8. The Morgan fingerprint density at radius 2 is 1.60 bits per heavy atom. The molecule has 2 aliphatic rings. The highest BCUT2D eigenvalue weighted by molar-refractivity contribution is 5.28. The lowest BCUT2D eigenvalue weighted by molar-refractivity contribution is 0.185. The summed E-state index contributed by atoms with van der Waals surface area (Å²) >= 11 is 0. The molecule has 0 spiro atoms. The molecule has 1 unspecified atom stereocenters. The van der Waals surface area contributed by atoms with Crippen molar-refractivity contribution in [3.63, 3.8) is 0 Å². The van der Waals surface area contributed by atoms with Gasteiger partial charge in [-0.15, -0.1) is 0 Å². The summed E-state index contributed by atoms with van der Waals surface area (Å²) in [7, 11) is 0. The van der Waals surface area contributed by atoms with Crippen LogP contribution in [0, 0.1) is 17.8 Å². The summed E-state index contributed by atoms with van der Waals surface area (Å²) in [4.78, 5) is 0. The van der Waals surface area contributed by atoms with Crippen LogP contribution in [0.25, 0.3) is 0 Å². The van der Waals surface area contributed by atoms with Gasteiger partial charge >= 0.3 is 0 Å². The van der Waals surface area contributed by atoms with Crippen molar-refractivity contribution in [2.75, 3.05) is 6.61 Å². The summed E-state index contributed by atoms with van der Waals surface area (Å²) in [5.74, 6) is 4.05. The number of hydrogen-bond donors (Lipinski definition) is 0. The predicted molar refractivity (Wildman–Crippen MR) is 130 cm³/mol. The molecule has 1 aromatic rings. The topological polar surface area (TPSA) is 9.23 Å². The summed E-state index contributed by atoms with van der Waals surface area (Å²) in [6.45, 7) is 5.28. The van der Waals surface area contributed by atoms with Crippen LogP contribution in [-0.4, -0.2) is 6.61 Å². The molecule has 0 radical (unpaired) electrons. The first-order valence-electron chi connectivity index (χ1n) is 13.2. The summed E-state index contributed by atoms with van der Waals surface area (Å²) in [5, 5.41) is 0. The third kappa shape index (κ3) is 7.78. The van der Waals surface area contributed by atoms with Gasteiger partial charge in [-0.1, -0.05) is 82.6 Å². The van der Waals surface area contributed by atoms with E-state index in [1.54, 1.807) is 5.57 Å². The molecule has 1 fully saturated rings. The van der Waals surface area contributed by atoms with Gasteiger partial charge in [0, 0.05) is 0 Å². The van der Waals surface area contributed by atoms with Crippen molar-refractivity contribution in [1.29, 1.82) is 0 Å². The molecule has 0 aromatic heterocycles. The van der Waals surface area contributed by atoms with Crippen LogP contribution < -0.4 is 4.74 Å². The van der Waals surface area contributed by atoms with E-state index in [9.17, 15) is 0 Å². The lowest BCUT2D eigenvalue weighted by atomic mass is 9.70. The Hall–Kier alpha value is -1.24. The van der Waals surface area contributed by atoms with E-state index in [1.165, 1.54) is 95.5 Å². The Labute approximate surface area is 186 Å². The summed E-state index contributed by atoms with van der Waals surface area (Å²) < 4.78 is 5.70. The van der Waals surface area contributed by atoms with Crippen molar-refractivity contribution in [3.05, 3.63) is 41.5 Å². The van der Waals surface area contributed by atoms with E-state index in [-0.39, 0.29) is 0 Å². The molecule has 0 aliphatic heterocycles. The molecular formula is C29H46O. The van der Waals surface area contributed by atoms with Crippen molar-refractivity contribution in [1.82, 2.24) is 0 Å². The minimum atomic E-state index is 0.814. The van der Waals surface area contributed by atoms with Crippen molar-refractivity contribution in [2.24, 2.45) is 17.8 Å². The predicted octanol–water partition coefficient (Wildman–Crippen LogP) is 8.91. The van der Waals surface area contributed by atoms with Gasteiger partial charge in [0.25, 0.3) is 0 Å². The Kier molecular flexibility index (Phi) is 10.3. The maximum atomic E-state index is 5.70. The van der Waals surface area contributed by atoms with Gasteiger partial charge in [-0.2, -0.15) is 0 Å². The van der Waals surface area contributed by atoms with E-state index in [2.05, 4.69) is 44.2 Å². The number of hydrogen-bond acceptors (Lipinski definition) is 1. The van der Waals surface area contributed by atoms with Crippen LogP contribution in [0.2, 0.25) is 0 Å². The van der Waals surface area contributed by atoms with Crippen LogP contribution in [0.5, 0.6) is 5.75 Å². The van der Waals surface area contributed by atoms with Crippen LogP contribution in [0.3, 0.4) is 0 Å². The second-order valence-electron chi connectivity index (χ2n) is 10.0. The summed E-state index contributed by atoms with van der Waals surface area (Å²) in [6, 6.07) is 8.77. The first kappa shape index (κ1) is 23.4. The zero-order valence-corrected chi connectivity index (χ0v) is 19.8. The highest BCUT2D eigenvalue weighted by Crippen LogP contribution is 2.41. The smallest absolute Gasteiger partial charge is 0.119 e. The molecule has 0 saturated heterocycles. The van der Waals surface area contributed by atoms with E-state index < -0.39 is 0 Å². The van der Waals surface area contributed by atoms with Gasteiger partial charge in [0.15, 0.2) is 0 Å². The normalized spacial score (nSPS) is 24.5. The molecule has 1 aromatic carbocycles. The molecular weight excluding hydrogens is 364 g/mol. The van der Waals surface area contributed by atoms with Crippen LogP contribution in [0.1, 0.15) is 109 Å². The molecule has 1 nitrogen and oxygen atoms in total. The standard InChI is InChI=1S/C29H46O/c1-3-5-6-7-8-24-11-17-27(18-12-24)28-19-13-25(14-20-28)9-10-26-15-21-29(22-16-26)30-23-4-2/h13,15-16,21-22,24,27-28H,3-12,14,17-20,23H2,1-2H3/t24-,27-,28?. The minimum Gasteiger partial charge on any atom is -0.494 e. The van der Waals surface area contributed by atoms with Gasteiger partial charge in [-0.25, -0.2) is 0 Å². The minimum absolute atomic E-state index is 0.814. The van der Waals surface area contributed by atoms with E-state index in [1.807, 2.05) is 0 Å². The second kappa shape index (κ2) is 13.2. The van der Waals surface area contributed by atoms with E-state index in [0.717, 1.165) is 36.5 Å². The van der Waals surface area contributed by atoms with Crippen molar-refractivity contribution in [3.8, 4) is 5.75 Å². The largest absolute Gasteiger partial charge is 0.494 e. The molecule has 0 heterocycles. The van der Waals surface area contributed by atoms with E-state index in [4.69, 9.17) is 4.74 Å². The molecule has 1 atom stereocenters. The number of unbranched alkanes of at least 4 members (excludes halogenated alkanes) is 3. The maximum Gasteiger partial charge on any atom is 0.119 e. The van der Waals surface area contributed by atoms with Gasteiger partial charge in [-0.3, -0.25) is 0 Å². The SMILES string of the molecule is CCCCCC[C@H]1CC[C@H](C2CC=C(CCc3ccc(OCCC)cc3)CC2)CC1. The highest BCUT2D eigenvalue weighted by Gasteiger charge is 2.28. The third-order valence-electron chi connectivity index (χ3n) is 7.70. The lowest BCUT2D eigenvalue weighted by Crippen LogP contribution is -2.23. The molecule has 2 aliphatic carbocycles. The van der Waals surface area contributed by atoms with Gasteiger partial charge in [0.05, 0.1) is 6.61 Å². The van der Waals surface area contributed by atoms with Gasteiger partial charge in [0.2, 0.25) is 0 Å². The van der Waals surface area contributed by atoms with Crippen LogP contribution in [0.15, 0.2) is 35.9 Å². The average molecular weight is 411 g/mol. The molecule has 0 bridgehead atoms. The quantitative estimate of drug-likeness (QED) is 0.247. The van der Waals surface area contributed by atoms with Gasteiger partial charge in [0.1, 0.15) is 5.75 Å². The number of rotatable bonds is 12. The molecule has 30 heavy (non-hydrogen) atoms. The van der Waals surface area contributed by atoms with E-state index >= 15 is 0 Å². The lowest BCUT2D eigenvalue weighted by Gasteiger charge is -2.35. The average Bonchev–Trinajstić information content (AvgIpc) is 2.81. The van der Waals surface area contributed by atoms with Crippen LogP contribution >= 0.6 is 0 Å². The van der Waals surface area contributed by atoms with Gasteiger partial charge < -0.3 is 4.74 Å². The molecule has 0 amide bonds.